The van der Waals surface area contributed by atoms with Crippen molar-refractivity contribution in [2.24, 2.45) is 0 Å². The van der Waals surface area contributed by atoms with Gasteiger partial charge in [0, 0.05) is 18.8 Å². The van der Waals surface area contributed by atoms with Gasteiger partial charge in [-0.05, 0) is 18.2 Å². The molecule has 1 aromatic carbocycles. The molecule has 1 heterocycles. The van der Waals surface area contributed by atoms with Crippen LogP contribution in [0.2, 0.25) is 0 Å². The fraction of sp³-hybridized carbons (Fsp3) is 0.364. The zero-order valence-electron chi connectivity index (χ0n) is 9.06. The van der Waals surface area contributed by atoms with Crippen molar-refractivity contribution in [1.29, 1.82) is 0 Å². The number of anilines is 1. The van der Waals surface area contributed by atoms with Crippen molar-refractivity contribution in [2.45, 2.75) is 0 Å². The summed E-state index contributed by atoms with van der Waals surface area (Å²) in [5.74, 6) is -1.64. The molecular weight excluding hydrogens is 249 g/mol. The second-order valence-corrected chi connectivity index (χ2v) is 3.60. The molecule has 0 radical (unpaired) electrons. The highest BCUT2D eigenvalue weighted by atomic mass is 35.5. The Kier molecular flexibility index (Phi) is 4.72. The third kappa shape index (κ3) is 3.31. The monoisotopic (exact) mass is 261 g/mol. The Labute approximate surface area is 104 Å². The molecule has 17 heavy (non-hydrogen) atoms. The smallest absolute Gasteiger partial charge is 0.335 e. The van der Waals surface area contributed by atoms with Gasteiger partial charge in [-0.1, -0.05) is 0 Å². The van der Waals surface area contributed by atoms with Crippen LogP contribution >= 0.6 is 12.4 Å². The van der Waals surface area contributed by atoms with Crippen molar-refractivity contribution in [1.82, 2.24) is 0 Å². The summed E-state index contributed by atoms with van der Waals surface area (Å²) in [6.07, 6.45) is 0. The number of ether oxygens (including phenoxy) is 1. The highest BCUT2D eigenvalue weighted by Crippen LogP contribution is 2.19. The highest BCUT2D eigenvalue weighted by molar-refractivity contribution is 5.88. The van der Waals surface area contributed by atoms with E-state index in [9.17, 15) is 9.18 Å². The van der Waals surface area contributed by atoms with Crippen LogP contribution in [0.5, 0.6) is 0 Å². The fourth-order valence-corrected chi connectivity index (χ4v) is 1.70. The first kappa shape index (κ1) is 13.7. The molecule has 1 aliphatic rings. The second-order valence-electron chi connectivity index (χ2n) is 3.60. The van der Waals surface area contributed by atoms with E-state index in [1.54, 1.807) is 0 Å². The second kappa shape index (κ2) is 5.84. The summed E-state index contributed by atoms with van der Waals surface area (Å²) in [7, 11) is 0. The lowest BCUT2D eigenvalue weighted by molar-refractivity contribution is 0.0696. The van der Waals surface area contributed by atoms with Crippen LogP contribution in [0.1, 0.15) is 10.4 Å². The number of hydrogen-bond donors (Lipinski definition) is 1. The third-order valence-corrected chi connectivity index (χ3v) is 2.51. The van der Waals surface area contributed by atoms with Crippen molar-refractivity contribution in [2.75, 3.05) is 31.2 Å². The van der Waals surface area contributed by atoms with Crippen molar-refractivity contribution in [3.05, 3.63) is 29.6 Å². The molecule has 6 heteroatoms. The van der Waals surface area contributed by atoms with E-state index < -0.39 is 11.8 Å². The van der Waals surface area contributed by atoms with Gasteiger partial charge in [0.1, 0.15) is 5.82 Å². The first-order valence-corrected chi connectivity index (χ1v) is 5.03. The standard InChI is InChI=1S/C11H12FNO3.ClH/c12-9-5-8(11(14)15)6-10(7-9)13-1-3-16-4-2-13;/h5-7H,1-4H2,(H,14,15);1H. The molecule has 0 saturated carbocycles. The average molecular weight is 262 g/mol. The molecule has 0 atom stereocenters. The molecule has 4 nitrogen and oxygen atoms in total. The zero-order valence-corrected chi connectivity index (χ0v) is 9.87. The maximum absolute atomic E-state index is 13.2. The average Bonchev–Trinajstić information content (AvgIpc) is 2.29. The summed E-state index contributed by atoms with van der Waals surface area (Å²) in [4.78, 5) is 12.7. The minimum Gasteiger partial charge on any atom is -0.478 e. The van der Waals surface area contributed by atoms with Crippen LogP contribution in [0.4, 0.5) is 10.1 Å². The highest BCUT2D eigenvalue weighted by Gasteiger charge is 2.14. The van der Waals surface area contributed by atoms with Gasteiger partial charge in [-0.2, -0.15) is 0 Å². The number of benzene rings is 1. The summed E-state index contributed by atoms with van der Waals surface area (Å²) in [6.45, 7) is 2.48. The number of halogens is 2. The van der Waals surface area contributed by atoms with E-state index in [4.69, 9.17) is 9.84 Å². The molecule has 1 aromatic rings. The fourth-order valence-electron chi connectivity index (χ4n) is 1.70. The Morgan fingerprint density at radius 1 is 1.29 bits per heavy atom. The van der Waals surface area contributed by atoms with Crippen molar-refractivity contribution >= 4 is 24.1 Å². The summed E-state index contributed by atoms with van der Waals surface area (Å²) >= 11 is 0. The van der Waals surface area contributed by atoms with E-state index in [0.717, 1.165) is 6.07 Å². The molecule has 0 amide bonds. The molecule has 0 unspecified atom stereocenters. The lowest BCUT2D eigenvalue weighted by atomic mass is 10.1. The van der Waals surface area contributed by atoms with Crippen LogP contribution in [0.15, 0.2) is 18.2 Å². The number of carboxylic acid groups (broad SMARTS) is 1. The lowest BCUT2D eigenvalue weighted by Crippen LogP contribution is -2.36. The molecule has 0 aromatic heterocycles. The van der Waals surface area contributed by atoms with Gasteiger partial charge in [0.2, 0.25) is 0 Å². The van der Waals surface area contributed by atoms with Gasteiger partial charge in [-0.25, -0.2) is 9.18 Å². The van der Waals surface area contributed by atoms with Gasteiger partial charge in [-0.15, -0.1) is 12.4 Å². The number of hydrogen-bond acceptors (Lipinski definition) is 3. The van der Waals surface area contributed by atoms with Crippen molar-refractivity contribution < 1.29 is 19.0 Å². The number of rotatable bonds is 2. The van der Waals surface area contributed by atoms with Crippen LogP contribution in [-0.2, 0) is 4.74 Å². The van der Waals surface area contributed by atoms with Crippen molar-refractivity contribution in [3.63, 3.8) is 0 Å². The predicted molar refractivity (Wildman–Crippen MR) is 63.6 cm³/mol. The van der Waals surface area contributed by atoms with Crippen LogP contribution in [0, 0.1) is 5.82 Å². The number of aromatic carboxylic acids is 1. The molecule has 0 spiro atoms. The largest absolute Gasteiger partial charge is 0.478 e. The van der Waals surface area contributed by atoms with Crippen molar-refractivity contribution in [3.8, 4) is 0 Å². The van der Waals surface area contributed by atoms with Crippen LogP contribution in [0.3, 0.4) is 0 Å². The number of morpholine rings is 1. The quantitative estimate of drug-likeness (QED) is 0.882. The maximum atomic E-state index is 13.2. The molecule has 0 aliphatic carbocycles. The summed E-state index contributed by atoms with van der Waals surface area (Å²) in [5.41, 5.74) is 0.571. The summed E-state index contributed by atoms with van der Waals surface area (Å²) < 4.78 is 18.4. The van der Waals surface area contributed by atoms with Crippen LogP contribution in [-0.4, -0.2) is 37.4 Å². The first-order chi connectivity index (χ1) is 7.66. The third-order valence-electron chi connectivity index (χ3n) is 2.51. The Balaban J connectivity index is 0.00000144. The number of carboxylic acids is 1. The molecule has 1 N–H and O–H groups in total. The minimum absolute atomic E-state index is 0. The van der Waals surface area contributed by atoms with Crippen LogP contribution in [0.25, 0.3) is 0 Å². The Morgan fingerprint density at radius 3 is 2.53 bits per heavy atom. The van der Waals surface area contributed by atoms with Gasteiger partial charge in [0.25, 0.3) is 0 Å². The molecule has 94 valence electrons. The predicted octanol–water partition coefficient (Wildman–Crippen LogP) is 1.78. The summed E-state index contributed by atoms with van der Waals surface area (Å²) in [6, 6.07) is 3.85. The molecule has 1 saturated heterocycles. The topological polar surface area (TPSA) is 49.8 Å². The molecular formula is C11H13ClFNO3. The molecule has 0 bridgehead atoms. The van der Waals surface area contributed by atoms with E-state index in [-0.39, 0.29) is 18.0 Å². The lowest BCUT2D eigenvalue weighted by Gasteiger charge is -2.29. The van der Waals surface area contributed by atoms with Gasteiger partial charge in [0.05, 0.1) is 18.8 Å². The molecule has 1 aliphatic heterocycles. The maximum Gasteiger partial charge on any atom is 0.335 e. The van der Waals surface area contributed by atoms with Gasteiger partial charge in [-0.3, -0.25) is 0 Å². The van der Waals surface area contributed by atoms with Gasteiger partial charge >= 0.3 is 5.97 Å². The van der Waals surface area contributed by atoms with Crippen LogP contribution < -0.4 is 4.90 Å². The SMILES string of the molecule is Cl.O=C(O)c1cc(F)cc(N2CCOCC2)c1. The van der Waals surface area contributed by atoms with E-state index in [1.165, 1.54) is 12.1 Å². The van der Waals surface area contributed by atoms with E-state index in [1.807, 2.05) is 4.90 Å². The van der Waals surface area contributed by atoms with E-state index in [0.29, 0.717) is 32.0 Å². The zero-order chi connectivity index (χ0) is 11.5. The normalized spacial score (nSPS) is 15.2. The van der Waals surface area contributed by atoms with E-state index in [2.05, 4.69) is 0 Å². The number of nitrogens with zero attached hydrogens (tertiary/aromatic N) is 1. The Hall–Kier alpha value is -1.33. The first-order valence-electron chi connectivity index (χ1n) is 5.03. The Morgan fingerprint density at radius 2 is 1.94 bits per heavy atom. The number of carbonyl (C=O) groups is 1. The molecule has 1 fully saturated rings. The Bertz CT molecular complexity index is 408. The summed E-state index contributed by atoms with van der Waals surface area (Å²) in [5, 5.41) is 8.82. The van der Waals surface area contributed by atoms with Gasteiger partial charge in [0.15, 0.2) is 0 Å². The van der Waals surface area contributed by atoms with E-state index >= 15 is 0 Å². The van der Waals surface area contributed by atoms with Gasteiger partial charge < -0.3 is 14.7 Å². The minimum atomic E-state index is -1.12. The molecule has 2 rings (SSSR count).